The van der Waals surface area contributed by atoms with Gasteiger partial charge in [-0.15, -0.1) is 24.0 Å². The van der Waals surface area contributed by atoms with E-state index in [0.717, 1.165) is 30.3 Å². The smallest absolute Gasteiger partial charge is 0.191 e. The first-order valence-electron chi connectivity index (χ1n) is 10.1. The zero-order chi connectivity index (χ0) is 18.4. The van der Waals surface area contributed by atoms with Crippen molar-refractivity contribution < 1.29 is 4.74 Å². The van der Waals surface area contributed by atoms with Crippen LogP contribution in [0.2, 0.25) is 0 Å². The van der Waals surface area contributed by atoms with Gasteiger partial charge in [-0.05, 0) is 58.7 Å². The van der Waals surface area contributed by atoms with Crippen LogP contribution in [0.5, 0.6) is 5.75 Å². The number of piperidine rings is 2. The van der Waals surface area contributed by atoms with E-state index in [0.29, 0.717) is 12.6 Å². The summed E-state index contributed by atoms with van der Waals surface area (Å²) in [7, 11) is 2.30. The molecule has 3 rings (SSSR count). The number of benzene rings is 1. The van der Waals surface area contributed by atoms with Crippen molar-refractivity contribution in [1.82, 2.24) is 15.5 Å². The van der Waals surface area contributed by atoms with E-state index in [4.69, 9.17) is 9.73 Å². The molecule has 2 N–H and O–H groups in total. The summed E-state index contributed by atoms with van der Waals surface area (Å²) in [6, 6.07) is 11.9. The fourth-order valence-corrected chi connectivity index (χ4v) is 4.24. The third-order valence-electron chi connectivity index (χ3n) is 5.61. The molecule has 3 unspecified atom stereocenters. The standard InChI is InChI=1S/C21H34N4O.HI/c1-4-22-21(23-15-16(2)26-20-11-6-5-7-12-20)24-17-13-18-9-8-10-19(14-17)25(18)3;/h5-7,11-12,16-19H,4,8-10,13-15H2,1-3H3,(H2,22,23,24);1H. The van der Waals surface area contributed by atoms with Gasteiger partial charge < -0.3 is 20.3 Å². The Kier molecular flexibility index (Phi) is 9.15. The molecule has 1 aromatic carbocycles. The van der Waals surface area contributed by atoms with Crippen LogP contribution in [-0.2, 0) is 0 Å². The van der Waals surface area contributed by atoms with Crippen molar-refractivity contribution in [2.45, 2.75) is 70.2 Å². The molecule has 3 atom stereocenters. The summed E-state index contributed by atoms with van der Waals surface area (Å²) < 4.78 is 5.94. The maximum atomic E-state index is 5.94. The number of hydrogen-bond donors (Lipinski definition) is 2. The Labute approximate surface area is 181 Å². The van der Waals surface area contributed by atoms with Gasteiger partial charge in [0.25, 0.3) is 0 Å². The molecule has 0 aliphatic carbocycles. The highest BCUT2D eigenvalue weighted by Gasteiger charge is 2.36. The van der Waals surface area contributed by atoms with Crippen molar-refractivity contribution in [2.24, 2.45) is 4.99 Å². The van der Waals surface area contributed by atoms with Gasteiger partial charge in [0.15, 0.2) is 5.96 Å². The van der Waals surface area contributed by atoms with Crippen molar-refractivity contribution in [3.8, 4) is 5.75 Å². The van der Waals surface area contributed by atoms with E-state index in [1.54, 1.807) is 0 Å². The third kappa shape index (κ3) is 6.52. The first kappa shape index (κ1) is 22.3. The van der Waals surface area contributed by atoms with Gasteiger partial charge in [-0.2, -0.15) is 0 Å². The average Bonchev–Trinajstić information content (AvgIpc) is 2.61. The fourth-order valence-electron chi connectivity index (χ4n) is 4.24. The van der Waals surface area contributed by atoms with Gasteiger partial charge in [0, 0.05) is 24.7 Å². The van der Waals surface area contributed by atoms with E-state index in [1.165, 1.54) is 32.1 Å². The molecule has 27 heavy (non-hydrogen) atoms. The largest absolute Gasteiger partial charge is 0.489 e. The van der Waals surface area contributed by atoms with E-state index in [2.05, 4.69) is 36.4 Å². The lowest BCUT2D eigenvalue weighted by molar-refractivity contribution is 0.0526. The maximum Gasteiger partial charge on any atom is 0.191 e. The normalized spacial score (nSPS) is 26.6. The first-order valence-corrected chi connectivity index (χ1v) is 10.1. The lowest BCUT2D eigenvalue weighted by Gasteiger charge is -2.47. The summed E-state index contributed by atoms with van der Waals surface area (Å²) in [5, 5.41) is 7.08. The Morgan fingerprint density at radius 1 is 1.22 bits per heavy atom. The quantitative estimate of drug-likeness (QED) is 0.366. The second kappa shape index (κ2) is 11.1. The van der Waals surface area contributed by atoms with Gasteiger partial charge in [0.1, 0.15) is 11.9 Å². The van der Waals surface area contributed by atoms with Crippen LogP contribution in [0.1, 0.15) is 46.0 Å². The summed E-state index contributed by atoms with van der Waals surface area (Å²) in [4.78, 5) is 7.37. The van der Waals surface area contributed by atoms with Crippen LogP contribution >= 0.6 is 24.0 Å². The highest BCUT2D eigenvalue weighted by Crippen LogP contribution is 2.32. The minimum absolute atomic E-state index is 0. The summed E-state index contributed by atoms with van der Waals surface area (Å²) in [5.41, 5.74) is 0. The predicted octanol–water partition coefficient (Wildman–Crippen LogP) is 3.64. The Morgan fingerprint density at radius 3 is 2.52 bits per heavy atom. The molecule has 0 saturated carbocycles. The number of nitrogens with zero attached hydrogens (tertiary/aromatic N) is 2. The highest BCUT2D eigenvalue weighted by molar-refractivity contribution is 14.0. The average molecular weight is 486 g/mol. The molecule has 2 heterocycles. The zero-order valence-corrected chi connectivity index (χ0v) is 19.2. The SMILES string of the molecule is CCNC(=NCC(C)Oc1ccccc1)NC1CC2CCCC(C1)N2C.I. The third-order valence-corrected chi connectivity index (χ3v) is 5.61. The molecule has 5 nitrogen and oxygen atoms in total. The molecule has 2 saturated heterocycles. The lowest BCUT2D eigenvalue weighted by atomic mass is 9.82. The topological polar surface area (TPSA) is 48.9 Å². The van der Waals surface area contributed by atoms with Crippen molar-refractivity contribution >= 4 is 29.9 Å². The molecule has 152 valence electrons. The van der Waals surface area contributed by atoms with Gasteiger partial charge in [-0.3, -0.25) is 0 Å². The molecule has 6 heteroatoms. The second-order valence-electron chi connectivity index (χ2n) is 7.68. The molecule has 0 aromatic heterocycles. The summed E-state index contributed by atoms with van der Waals surface area (Å²) >= 11 is 0. The number of para-hydroxylation sites is 1. The van der Waals surface area contributed by atoms with Crippen LogP contribution in [0, 0.1) is 0 Å². The Bertz CT molecular complexity index is 569. The van der Waals surface area contributed by atoms with E-state index in [-0.39, 0.29) is 30.1 Å². The minimum atomic E-state index is 0. The highest BCUT2D eigenvalue weighted by atomic mass is 127. The zero-order valence-electron chi connectivity index (χ0n) is 16.9. The van der Waals surface area contributed by atoms with Gasteiger partial charge in [-0.25, -0.2) is 4.99 Å². The van der Waals surface area contributed by atoms with Crippen molar-refractivity contribution in [3.63, 3.8) is 0 Å². The van der Waals surface area contributed by atoms with Gasteiger partial charge in [0.05, 0.1) is 6.54 Å². The predicted molar refractivity (Wildman–Crippen MR) is 123 cm³/mol. The summed E-state index contributed by atoms with van der Waals surface area (Å²) in [6.45, 7) is 5.70. The molecule has 2 fully saturated rings. The number of aliphatic imine (C=N–C) groups is 1. The summed E-state index contributed by atoms with van der Waals surface area (Å²) in [5.74, 6) is 1.82. The monoisotopic (exact) mass is 486 g/mol. The van der Waals surface area contributed by atoms with Crippen molar-refractivity contribution in [1.29, 1.82) is 0 Å². The molecule has 2 bridgehead atoms. The molecule has 0 amide bonds. The number of fused-ring (bicyclic) bond motifs is 2. The lowest BCUT2D eigenvalue weighted by Crippen LogP contribution is -2.56. The first-order chi connectivity index (χ1) is 12.7. The van der Waals surface area contributed by atoms with E-state index in [1.807, 2.05) is 30.3 Å². The maximum absolute atomic E-state index is 5.94. The summed E-state index contributed by atoms with van der Waals surface area (Å²) in [6.07, 6.45) is 6.53. The molecule has 0 radical (unpaired) electrons. The molecule has 2 aliphatic rings. The second-order valence-corrected chi connectivity index (χ2v) is 7.68. The number of rotatable bonds is 6. The minimum Gasteiger partial charge on any atom is -0.489 e. The van der Waals surface area contributed by atoms with Crippen LogP contribution < -0.4 is 15.4 Å². The van der Waals surface area contributed by atoms with Crippen LogP contribution in [0.4, 0.5) is 0 Å². The van der Waals surface area contributed by atoms with Crippen LogP contribution in [0.3, 0.4) is 0 Å². The number of nitrogens with one attached hydrogen (secondary N) is 2. The Morgan fingerprint density at radius 2 is 1.89 bits per heavy atom. The van der Waals surface area contributed by atoms with Gasteiger partial charge in [0.2, 0.25) is 0 Å². The van der Waals surface area contributed by atoms with Crippen molar-refractivity contribution in [3.05, 3.63) is 30.3 Å². The van der Waals surface area contributed by atoms with Crippen LogP contribution in [0.25, 0.3) is 0 Å². The molecule has 2 aliphatic heterocycles. The van der Waals surface area contributed by atoms with E-state index >= 15 is 0 Å². The molecule has 0 spiro atoms. The molecular weight excluding hydrogens is 451 g/mol. The van der Waals surface area contributed by atoms with E-state index < -0.39 is 0 Å². The molecule has 1 aromatic rings. The number of ether oxygens (including phenoxy) is 1. The Hall–Kier alpha value is -1.02. The van der Waals surface area contributed by atoms with Crippen LogP contribution in [-0.4, -0.2) is 55.2 Å². The van der Waals surface area contributed by atoms with Crippen molar-refractivity contribution in [2.75, 3.05) is 20.1 Å². The number of hydrogen-bond acceptors (Lipinski definition) is 3. The van der Waals surface area contributed by atoms with Gasteiger partial charge in [-0.1, -0.05) is 24.6 Å². The molecular formula is C21H35IN4O. The van der Waals surface area contributed by atoms with Gasteiger partial charge >= 0.3 is 0 Å². The van der Waals surface area contributed by atoms with E-state index in [9.17, 15) is 0 Å². The Balaban J connectivity index is 0.00000261. The number of guanidine groups is 1. The number of halogens is 1. The van der Waals surface area contributed by atoms with Crippen LogP contribution in [0.15, 0.2) is 35.3 Å². The fraction of sp³-hybridized carbons (Fsp3) is 0.667.